The minimum absolute atomic E-state index is 0.240. The molecule has 1 fully saturated rings. The highest BCUT2D eigenvalue weighted by Crippen LogP contribution is 2.29. The summed E-state index contributed by atoms with van der Waals surface area (Å²) in [5.41, 5.74) is 3.68. The molecule has 0 radical (unpaired) electrons. The van der Waals surface area contributed by atoms with Gasteiger partial charge in [-0.2, -0.15) is 0 Å². The Hall–Kier alpha value is -2.40. The van der Waals surface area contributed by atoms with Gasteiger partial charge in [0.25, 0.3) is 0 Å². The Kier molecular flexibility index (Phi) is 5.91. The molecule has 0 amide bonds. The predicted molar refractivity (Wildman–Crippen MR) is 116 cm³/mol. The van der Waals surface area contributed by atoms with Crippen molar-refractivity contribution in [2.75, 3.05) is 32.5 Å². The van der Waals surface area contributed by atoms with Crippen molar-refractivity contribution >= 4 is 11.4 Å². The van der Waals surface area contributed by atoms with Crippen molar-refractivity contribution < 1.29 is 0 Å². The molecule has 4 rings (SSSR count). The summed E-state index contributed by atoms with van der Waals surface area (Å²) in [4.78, 5) is 12.2. The standard InChI is InChI=1S/C23H31N5/c1-28(2)21-11-7-6-10-19(21)25-22-16-20(17-8-4-3-5-9-17)26-23(27-22)18-12-14-24-15-13-18/h3-4,6-8,11,16,18-19,24H,5,9-10,12-15H2,1-2H3,(H,25,26,27). The number of hydrogen-bond donors (Lipinski definition) is 2. The number of hydrogen-bond acceptors (Lipinski definition) is 5. The first kappa shape index (κ1) is 18.9. The maximum absolute atomic E-state index is 5.01. The van der Waals surface area contributed by atoms with Gasteiger partial charge in [0.15, 0.2) is 0 Å². The van der Waals surface area contributed by atoms with Gasteiger partial charge in [0.2, 0.25) is 0 Å². The van der Waals surface area contributed by atoms with Crippen LogP contribution < -0.4 is 10.6 Å². The fraction of sp³-hybridized carbons (Fsp3) is 0.478. The lowest BCUT2D eigenvalue weighted by Gasteiger charge is -2.29. The summed E-state index contributed by atoms with van der Waals surface area (Å²) < 4.78 is 0. The SMILES string of the molecule is CN(C)C1=CC=CCC1Nc1cc(C2=CC=CCC2)nc(C2CCNCC2)n1. The number of nitrogens with one attached hydrogen (secondary N) is 2. The molecule has 28 heavy (non-hydrogen) atoms. The largest absolute Gasteiger partial charge is 0.379 e. The van der Waals surface area contributed by atoms with Crippen LogP contribution in [0.4, 0.5) is 5.82 Å². The van der Waals surface area contributed by atoms with Crippen molar-refractivity contribution in [3.8, 4) is 0 Å². The highest BCUT2D eigenvalue weighted by Gasteiger charge is 2.22. The number of nitrogens with zero attached hydrogens (tertiary/aromatic N) is 3. The smallest absolute Gasteiger partial charge is 0.134 e. The third kappa shape index (κ3) is 4.36. The lowest BCUT2D eigenvalue weighted by molar-refractivity contribution is 0.444. The van der Waals surface area contributed by atoms with Crippen LogP contribution in [0.5, 0.6) is 0 Å². The molecule has 2 aliphatic carbocycles. The second kappa shape index (κ2) is 8.74. The second-order valence-electron chi connectivity index (χ2n) is 8.03. The molecule has 1 unspecified atom stereocenters. The minimum Gasteiger partial charge on any atom is -0.379 e. The van der Waals surface area contributed by atoms with Gasteiger partial charge in [-0.15, -0.1) is 0 Å². The van der Waals surface area contributed by atoms with Crippen LogP contribution in [0.25, 0.3) is 5.57 Å². The first-order valence-electron chi connectivity index (χ1n) is 10.5. The monoisotopic (exact) mass is 377 g/mol. The first-order chi connectivity index (χ1) is 13.7. The number of piperidine rings is 1. The number of allylic oxidation sites excluding steroid dienone is 6. The zero-order valence-electron chi connectivity index (χ0n) is 17.0. The molecule has 1 aliphatic heterocycles. The van der Waals surface area contributed by atoms with E-state index in [0.29, 0.717) is 5.92 Å². The van der Waals surface area contributed by atoms with Crippen molar-refractivity contribution in [1.82, 2.24) is 20.2 Å². The third-order valence-electron chi connectivity index (χ3n) is 5.76. The van der Waals surface area contributed by atoms with Gasteiger partial charge in [0, 0.05) is 31.8 Å². The molecule has 5 nitrogen and oxygen atoms in total. The number of likely N-dealkylation sites (N-methyl/N-ethyl adjacent to an activating group) is 1. The van der Waals surface area contributed by atoms with E-state index < -0.39 is 0 Å². The molecule has 0 bridgehead atoms. The van der Waals surface area contributed by atoms with Crippen molar-refractivity contribution in [3.63, 3.8) is 0 Å². The molecule has 0 saturated carbocycles. The maximum atomic E-state index is 5.01. The molecule has 1 aromatic heterocycles. The van der Waals surface area contributed by atoms with E-state index in [1.807, 2.05) is 0 Å². The molecule has 0 aromatic carbocycles. The van der Waals surface area contributed by atoms with Crippen LogP contribution >= 0.6 is 0 Å². The number of anilines is 1. The molecule has 1 atom stereocenters. The minimum atomic E-state index is 0.240. The lowest BCUT2D eigenvalue weighted by atomic mass is 9.96. The van der Waals surface area contributed by atoms with Gasteiger partial charge >= 0.3 is 0 Å². The highest BCUT2D eigenvalue weighted by molar-refractivity contribution is 5.67. The lowest BCUT2D eigenvalue weighted by Crippen LogP contribution is -2.32. The Morgan fingerprint density at radius 3 is 2.64 bits per heavy atom. The van der Waals surface area contributed by atoms with Gasteiger partial charge < -0.3 is 15.5 Å². The van der Waals surface area contributed by atoms with Gasteiger partial charge in [-0.05, 0) is 56.8 Å². The third-order valence-corrected chi connectivity index (χ3v) is 5.76. The summed E-state index contributed by atoms with van der Waals surface area (Å²) in [6.07, 6.45) is 18.4. The molecule has 3 aliphatic rings. The highest BCUT2D eigenvalue weighted by atomic mass is 15.1. The van der Waals surface area contributed by atoms with E-state index >= 15 is 0 Å². The predicted octanol–water partition coefficient (Wildman–Crippen LogP) is 3.86. The summed E-state index contributed by atoms with van der Waals surface area (Å²) in [7, 11) is 4.20. The molecule has 0 spiro atoms. The Morgan fingerprint density at radius 1 is 1.07 bits per heavy atom. The molecule has 1 saturated heterocycles. The van der Waals surface area contributed by atoms with Crippen LogP contribution in [0, 0.1) is 0 Å². The van der Waals surface area contributed by atoms with Gasteiger partial charge in [-0.25, -0.2) is 9.97 Å². The van der Waals surface area contributed by atoms with Crippen molar-refractivity contribution in [2.24, 2.45) is 0 Å². The summed E-state index contributed by atoms with van der Waals surface area (Å²) in [6.45, 7) is 2.10. The van der Waals surface area contributed by atoms with Crippen LogP contribution in [0.2, 0.25) is 0 Å². The van der Waals surface area contributed by atoms with Crippen molar-refractivity contribution in [1.29, 1.82) is 0 Å². The molecular formula is C23H31N5. The summed E-state index contributed by atoms with van der Waals surface area (Å²) in [5, 5.41) is 7.15. The van der Waals surface area contributed by atoms with Crippen LogP contribution in [0.3, 0.4) is 0 Å². The molecule has 2 N–H and O–H groups in total. The molecule has 5 heteroatoms. The topological polar surface area (TPSA) is 53.1 Å². The molecule has 1 aromatic rings. The summed E-state index contributed by atoms with van der Waals surface area (Å²) in [5.74, 6) is 2.39. The van der Waals surface area contributed by atoms with Crippen LogP contribution in [0.1, 0.15) is 49.5 Å². The van der Waals surface area contributed by atoms with Crippen LogP contribution in [-0.2, 0) is 0 Å². The van der Waals surface area contributed by atoms with E-state index in [2.05, 4.69) is 72.2 Å². The number of aromatic nitrogens is 2. The van der Waals surface area contributed by atoms with Gasteiger partial charge in [-0.1, -0.05) is 30.4 Å². The average Bonchev–Trinajstić information content (AvgIpc) is 2.75. The molecule has 2 heterocycles. The Balaban J connectivity index is 1.65. The van der Waals surface area contributed by atoms with E-state index in [0.717, 1.165) is 62.5 Å². The van der Waals surface area contributed by atoms with Crippen molar-refractivity contribution in [3.05, 3.63) is 59.7 Å². The van der Waals surface area contributed by atoms with E-state index in [-0.39, 0.29) is 6.04 Å². The first-order valence-corrected chi connectivity index (χ1v) is 10.5. The Labute approximate surface area is 168 Å². The van der Waals surface area contributed by atoms with Gasteiger partial charge in [0.1, 0.15) is 11.6 Å². The van der Waals surface area contributed by atoms with Crippen LogP contribution in [0.15, 0.2) is 48.2 Å². The molecule has 148 valence electrons. The van der Waals surface area contributed by atoms with Gasteiger partial charge in [-0.3, -0.25) is 0 Å². The van der Waals surface area contributed by atoms with E-state index in [1.165, 1.54) is 11.3 Å². The average molecular weight is 378 g/mol. The second-order valence-corrected chi connectivity index (χ2v) is 8.03. The zero-order valence-corrected chi connectivity index (χ0v) is 17.0. The zero-order chi connectivity index (χ0) is 19.3. The number of rotatable bonds is 5. The Morgan fingerprint density at radius 2 is 1.89 bits per heavy atom. The van der Waals surface area contributed by atoms with E-state index in [4.69, 9.17) is 9.97 Å². The summed E-state index contributed by atoms with van der Waals surface area (Å²) in [6, 6.07) is 2.38. The van der Waals surface area contributed by atoms with Gasteiger partial charge in [0.05, 0.1) is 11.7 Å². The quantitative estimate of drug-likeness (QED) is 0.816. The fourth-order valence-electron chi connectivity index (χ4n) is 4.17. The van der Waals surface area contributed by atoms with E-state index in [9.17, 15) is 0 Å². The summed E-state index contributed by atoms with van der Waals surface area (Å²) >= 11 is 0. The van der Waals surface area contributed by atoms with Crippen molar-refractivity contribution in [2.45, 2.75) is 44.1 Å². The maximum Gasteiger partial charge on any atom is 0.134 e. The normalized spacial score (nSPS) is 22.6. The fourth-order valence-corrected chi connectivity index (χ4v) is 4.17. The Bertz CT molecular complexity index is 812. The van der Waals surface area contributed by atoms with Crippen LogP contribution in [-0.4, -0.2) is 48.1 Å². The van der Waals surface area contributed by atoms with E-state index in [1.54, 1.807) is 0 Å². The molecular weight excluding hydrogens is 346 g/mol.